The predicted octanol–water partition coefficient (Wildman–Crippen LogP) is 2.44. The van der Waals surface area contributed by atoms with E-state index in [0.29, 0.717) is 24.7 Å². The third-order valence-electron chi connectivity index (χ3n) is 3.25. The molecule has 0 saturated heterocycles. The van der Waals surface area contributed by atoms with Crippen molar-refractivity contribution < 1.29 is 14.0 Å². The second kappa shape index (κ2) is 4.62. The van der Waals surface area contributed by atoms with Crippen molar-refractivity contribution in [3.63, 3.8) is 0 Å². The second-order valence-electron chi connectivity index (χ2n) is 4.65. The van der Waals surface area contributed by atoms with E-state index < -0.39 is 0 Å². The smallest absolute Gasteiger partial charge is 0.263 e. The maximum absolute atomic E-state index is 5.57. The Hall–Kier alpha value is -2.83. The molecule has 0 bridgehead atoms. The number of nitrogens with zero attached hydrogens (tertiary/aromatic N) is 3. The first kappa shape index (κ1) is 12.0. The molecule has 7 heteroatoms. The summed E-state index contributed by atoms with van der Waals surface area (Å²) in [6.07, 6.45) is 1.44. The SMILES string of the molecule is Cc1noc2ncnc(Nc3ccc4c(c3)OCCO4)c12. The fourth-order valence-corrected chi connectivity index (χ4v) is 2.27. The van der Waals surface area contributed by atoms with E-state index in [0.717, 1.165) is 28.3 Å². The van der Waals surface area contributed by atoms with E-state index in [2.05, 4.69) is 20.4 Å². The highest BCUT2D eigenvalue weighted by Crippen LogP contribution is 2.34. The summed E-state index contributed by atoms with van der Waals surface area (Å²) in [5, 5.41) is 7.91. The Morgan fingerprint density at radius 2 is 1.95 bits per heavy atom. The highest BCUT2D eigenvalue weighted by molar-refractivity contribution is 5.89. The Labute approximate surface area is 119 Å². The largest absolute Gasteiger partial charge is 0.486 e. The summed E-state index contributed by atoms with van der Waals surface area (Å²) in [7, 11) is 0. The molecule has 0 atom stereocenters. The number of hydrogen-bond acceptors (Lipinski definition) is 7. The Kier molecular flexibility index (Phi) is 2.63. The maximum Gasteiger partial charge on any atom is 0.263 e. The molecule has 21 heavy (non-hydrogen) atoms. The van der Waals surface area contributed by atoms with Gasteiger partial charge in [-0.1, -0.05) is 5.16 Å². The van der Waals surface area contributed by atoms with Gasteiger partial charge in [0, 0.05) is 11.8 Å². The number of anilines is 2. The molecule has 2 aromatic heterocycles. The topological polar surface area (TPSA) is 82.3 Å². The normalized spacial score (nSPS) is 13.4. The summed E-state index contributed by atoms with van der Waals surface area (Å²) >= 11 is 0. The number of ether oxygens (including phenoxy) is 2. The van der Waals surface area contributed by atoms with Crippen LogP contribution in [0, 0.1) is 6.92 Å². The van der Waals surface area contributed by atoms with Crippen LogP contribution in [0.2, 0.25) is 0 Å². The summed E-state index contributed by atoms with van der Waals surface area (Å²) < 4.78 is 16.2. The summed E-state index contributed by atoms with van der Waals surface area (Å²) in [5.74, 6) is 2.12. The third-order valence-corrected chi connectivity index (χ3v) is 3.25. The zero-order valence-electron chi connectivity index (χ0n) is 11.3. The summed E-state index contributed by atoms with van der Waals surface area (Å²) in [6, 6.07) is 5.66. The van der Waals surface area contributed by atoms with Crippen molar-refractivity contribution in [1.82, 2.24) is 15.1 Å². The van der Waals surface area contributed by atoms with E-state index in [1.807, 2.05) is 25.1 Å². The van der Waals surface area contributed by atoms with Crippen molar-refractivity contribution in [1.29, 1.82) is 0 Å². The Morgan fingerprint density at radius 1 is 1.10 bits per heavy atom. The average molecular weight is 284 g/mol. The first-order valence-electron chi connectivity index (χ1n) is 6.55. The third kappa shape index (κ3) is 2.03. The van der Waals surface area contributed by atoms with Crippen LogP contribution >= 0.6 is 0 Å². The molecular formula is C14H12N4O3. The average Bonchev–Trinajstić information content (AvgIpc) is 2.90. The molecule has 0 radical (unpaired) electrons. The van der Waals surface area contributed by atoms with Gasteiger partial charge in [0.25, 0.3) is 5.71 Å². The molecule has 0 aliphatic carbocycles. The summed E-state index contributed by atoms with van der Waals surface area (Å²) in [4.78, 5) is 8.30. The highest BCUT2D eigenvalue weighted by atomic mass is 16.6. The number of benzene rings is 1. The van der Waals surface area contributed by atoms with Crippen LogP contribution in [-0.2, 0) is 0 Å². The minimum Gasteiger partial charge on any atom is -0.486 e. The van der Waals surface area contributed by atoms with Gasteiger partial charge in [0.15, 0.2) is 11.5 Å². The number of rotatable bonds is 2. The van der Waals surface area contributed by atoms with Crippen LogP contribution in [0.25, 0.3) is 11.1 Å². The lowest BCUT2D eigenvalue weighted by Crippen LogP contribution is -2.15. The number of aryl methyl sites for hydroxylation is 1. The lowest BCUT2D eigenvalue weighted by Gasteiger charge is -2.19. The van der Waals surface area contributed by atoms with Crippen molar-refractivity contribution in [3.05, 3.63) is 30.2 Å². The minimum atomic E-state index is 0.461. The molecule has 7 nitrogen and oxygen atoms in total. The molecule has 0 saturated carbocycles. The molecule has 3 aromatic rings. The highest BCUT2D eigenvalue weighted by Gasteiger charge is 2.15. The molecule has 0 amide bonds. The van der Waals surface area contributed by atoms with Crippen LogP contribution in [0.4, 0.5) is 11.5 Å². The minimum absolute atomic E-state index is 0.461. The number of fused-ring (bicyclic) bond motifs is 2. The van der Waals surface area contributed by atoms with Gasteiger partial charge in [-0.25, -0.2) is 4.98 Å². The Balaban J connectivity index is 1.73. The summed E-state index contributed by atoms with van der Waals surface area (Å²) in [6.45, 7) is 2.98. The van der Waals surface area contributed by atoms with E-state index in [1.54, 1.807) is 0 Å². The number of aromatic nitrogens is 3. The van der Waals surface area contributed by atoms with E-state index in [-0.39, 0.29) is 0 Å². The molecule has 1 aliphatic rings. The van der Waals surface area contributed by atoms with Crippen molar-refractivity contribution in [2.24, 2.45) is 0 Å². The van der Waals surface area contributed by atoms with Crippen LogP contribution in [0.3, 0.4) is 0 Å². The molecule has 4 rings (SSSR count). The lowest BCUT2D eigenvalue weighted by atomic mass is 10.2. The van der Waals surface area contributed by atoms with E-state index in [4.69, 9.17) is 14.0 Å². The van der Waals surface area contributed by atoms with Crippen molar-refractivity contribution in [2.75, 3.05) is 18.5 Å². The quantitative estimate of drug-likeness (QED) is 0.773. The lowest BCUT2D eigenvalue weighted by molar-refractivity contribution is 0.171. The molecule has 106 valence electrons. The molecular weight excluding hydrogens is 272 g/mol. The van der Waals surface area contributed by atoms with Gasteiger partial charge in [-0.15, -0.1) is 0 Å². The van der Waals surface area contributed by atoms with Gasteiger partial charge in [0.1, 0.15) is 30.7 Å². The second-order valence-corrected chi connectivity index (χ2v) is 4.65. The van der Waals surface area contributed by atoms with Crippen molar-refractivity contribution >= 4 is 22.6 Å². The fourth-order valence-electron chi connectivity index (χ4n) is 2.27. The van der Waals surface area contributed by atoms with Gasteiger partial charge < -0.3 is 19.3 Å². The fraction of sp³-hybridized carbons (Fsp3) is 0.214. The van der Waals surface area contributed by atoms with Gasteiger partial charge in [0.2, 0.25) is 0 Å². The monoisotopic (exact) mass is 284 g/mol. The van der Waals surface area contributed by atoms with Crippen molar-refractivity contribution in [3.8, 4) is 11.5 Å². The van der Waals surface area contributed by atoms with E-state index >= 15 is 0 Å². The molecule has 1 aromatic carbocycles. The zero-order chi connectivity index (χ0) is 14.2. The van der Waals surface area contributed by atoms with Crippen LogP contribution in [0.15, 0.2) is 29.0 Å². The van der Waals surface area contributed by atoms with Crippen molar-refractivity contribution in [2.45, 2.75) is 6.92 Å². The van der Waals surface area contributed by atoms with Gasteiger partial charge in [-0.2, -0.15) is 4.98 Å². The van der Waals surface area contributed by atoms with Crippen LogP contribution < -0.4 is 14.8 Å². The van der Waals surface area contributed by atoms with Gasteiger partial charge >= 0.3 is 0 Å². The molecule has 0 fully saturated rings. The predicted molar refractivity (Wildman–Crippen MR) is 75.1 cm³/mol. The van der Waals surface area contributed by atoms with Gasteiger partial charge in [0.05, 0.1) is 5.69 Å². The first-order chi connectivity index (χ1) is 10.3. The Morgan fingerprint density at radius 3 is 2.86 bits per heavy atom. The van der Waals surface area contributed by atoms with Gasteiger partial charge in [-0.05, 0) is 19.1 Å². The molecule has 1 N–H and O–H groups in total. The van der Waals surface area contributed by atoms with Gasteiger partial charge in [-0.3, -0.25) is 0 Å². The zero-order valence-corrected chi connectivity index (χ0v) is 11.3. The number of hydrogen-bond donors (Lipinski definition) is 1. The maximum atomic E-state index is 5.57. The first-order valence-corrected chi connectivity index (χ1v) is 6.55. The number of nitrogens with one attached hydrogen (secondary N) is 1. The molecule has 1 aliphatic heterocycles. The van der Waals surface area contributed by atoms with Crippen LogP contribution in [0.1, 0.15) is 5.69 Å². The standard InChI is InChI=1S/C14H12N4O3/c1-8-12-13(15-7-16-14(12)21-18-8)17-9-2-3-10-11(6-9)20-5-4-19-10/h2-3,6-7H,4-5H2,1H3,(H,15,16,17). The van der Waals surface area contributed by atoms with E-state index in [1.165, 1.54) is 6.33 Å². The molecule has 0 unspecified atom stereocenters. The summed E-state index contributed by atoms with van der Waals surface area (Å²) in [5.41, 5.74) is 2.05. The van der Waals surface area contributed by atoms with E-state index in [9.17, 15) is 0 Å². The molecule has 0 spiro atoms. The van der Waals surface area contributed by atoms with Crippen LogP contribution in [-0.4, -0.2) is 28.3 Å². The molecule has 3 heterocycles. The Bertz CT molecular complexity index is 815. The van der Waals surface area contributed by atoms with Crippen LogP contribution in [0.5, 0.6) is 11.5 Å².